The fourth-order valence-corrected chi connectivity index (χ4v) is 2.72. The Bertz CT molecular complexity index is 642. The molecule has 1 heterocycles. The lowest BCUT2D eigenvalue weighted by Crippen LogP contribution is -2.55. The van der Waals surface area contributed by atoms with Gasteiger partial charge in [0.05, 0.1) is 25.3 Å². The van der Waals surface area contributed by atoms with E-state index in [1.54, 1.807) is 20.8 Å². The Kier molecular flexibility index (Phi) is 5.39. The number of hydrogen-bond donors (Lipinski definition) is 0. The molecule has 0 saturated carbocycles. The normalized spacial score (nSPS) is 26.5. The number of rotatable bonds is 6. The van der Waals surface area contributed by atoms with Crippen LogP contribution in [0.15, 0.2) is 35.3 Å². The molecule has 2 rings (SSSR count). The number of aliphatic imine (C=N–C) groups is 1. The first kappa shape index (κ1) is 18.1. The van der Waals surface area contributed by atoms with Gasteiger partial charge in [0, 0.05) is 7.11 Å². The van der Waals surface area contributed by atoms with E-state index in [0.717, 1.165) is 5.56 Å². The Labute approximate surface area is 141 Å². The van der Waals surface area contributed by atoms with E-state index in [-0.39, 0.29) is 19.6 Å². The Morgan fingerprint density at radius 2 is 1.92 bits per heavy atom. The van der Waals surface area contributed by atoms with E-state index >= 15 is 0 Å². The standard InChI is InChI=1S/C18H23NO5/c1-5-23-14(20)11-17(2)16(21)24-18(3,12-22-4)15(19-17)13-9-7-6-8-10-13/h6-10H,5,11-12H2,1-4H3/t17-,18+/m1/s1. The Hall–Kier alpha value is -2.21. The molecule has 24 heavy (non-hydrogen) atoms. The minimum atomic E-state index is -1.31. The molecule has 1 aromatic rings. The molecule has 0 radical (unpaired) electrons. The maximum Gasteiger partial charge on any atom is 0.335 e. The van der Waals surface area contributed by atoms with Gasteiger partial charge in [-0.25, -0.2) is 4.79 Å². The van der Waals surface area contributed by atoms with Crippen molar-refractivity contribution < 1.29 is 23.8 Å². The molecule has 1 aliphatic heterocycles. The minimum Gasteiger partial charge on any atom is -0.466 e. The first-order valence-corrected chi connectivity index (χ1v) is 7.88. The molecule has 6 heteroatoms. The summed E-state index contributed by atoms with van der Waals surface area (Å²) in [5.74, 6) is -1.04. The fourth-order valence-electron chi connectivity index (χ4n) is 2.72. The summed E-state index contributed by atoms with van der Waals surface area (Å²) >= 11 is 0. The molecule has 0 bridgehead atoms. The second-order valence-corrected chi connectivity index (χ2v) is 6.14. The lowest BCUT2D eigenvalue weighted by Gasteiger charge is -2.39. The van der Waals surface area contributed by atoms with Crippen molar-refractivity contribution in [1.82, 2.24) is 0 Å². The third kappa shape index (κ3) is 3.64. The molecular formula is C18H23NO5. The van der Waals surface area contributed by atoms with Crippen LogP contribution >= 0.6 is 0 Å². The zero-order valence-corrected chi connectivity index (χ0v) is 14.5. The number of esters is 2. The maximum absolute atomic E-state index is 12.5. The predicted octanol–water partition coefficient (Wildman–Crippen LogP) is 2.15. The Balaban J connectivity index is 2.48. The molecule has 0 aliphatic carbocycles. The molecule has 0 N–H and O–H groups in total. The van der Waals surface area contributed by atoms with Crippen LogP contribution in [0.1, 0.15) is 32.8 Å². The van der Waals surface area contributed by atoms with Crippen LogP contribution in [-0.4, -0.2) is 49.1 Å². The summed E-state index contributed by atoms with van der Waals surface area (Å²) < 4.78 is 15.9. The summed E-state index contributed by atoms with van der Waals surface area (Å²) in [5.41, 5.74) is -0.928. The van der Waals surface area contributed by atoms with Crippen LogP contribution in [0.25, 0.3) is 0 Å². The van der Waals surface area contributed by atoms with Crippen molar-refractivity contribution >= 4 is 17.7 Å². The number of benzene rings is 1. The van der Waals surface area contributed by atoms with Gasteiger partial charge in [0.2, 0.25) is 0 Å². The average Bonchev–Trinajstić information content (AvgIpc) is 2.52. The van der Waals surface area contributed by atoms with Crippen molar-refractivity contribution in [2.45, 2.75) is 38.3 Å². The topological polar surface area (TPSA) is 74.2 Å². The molecule has 0 aromatic heterocycles. The summed E-state index contributed by atoms with van der Waals surface area (Å²) in [6.45, 7) is 5.47. The second kappa shape index (κ2) is 7.13. The zero-order chi connectivity index (χ0) is 17.8. The van der Waals surface area contributed by atoms with Crippen molar-refractivity contribution in [2.75, 3.05) is 20.3 Å². The van der Waals surface area contributed by atoms with Crippen molar-refractivity contribution in [3.8, 4) is 0 Å². The van der Waals surface area contributed by atoms with Gasteiger partial charge in [-0.15, -0.1) is 0 Å². The first-order valence-electron chi connectivity index (χ1n) is 7.88. The second-order valence-electron chi connectivity index (χ2n) is 6.14. The molecule has 1 aromatic carbocycles. The van der Waals surface area contributed by atoms with E-state index in [1.165, 1.54) is 7.11 Å². The molecule has 0 spiro atoms. The highest BCUT2D eigenvalue weighted by atomic mass is 16.6. The zero-order valence-electron chi connectivity index (χ0n) is 14.5. The number of methoxy groups -OCH3 is 1. The van der Waals surface area contributed by atoms with Crippen LogP contribution in [0.3, 0.4) is 0 Å². The lowest BCUT2D eigenvalue weighted by atomic mass is 9.88. The number of carbonyl (C=O) groups is 2. The number of nitrogens with zero attached hydrogens (tertiary/aromatic N) is 1. The molecule has 0 amide bonds. The summed E-state index contributed by atoms with van der Waals surface area (Å²) in [5, 5.41) is 0. The van der Waals surface area contributed by atoms with E-state index in [4.69, 9.17) is 14.2 Å². The minimum absolute atomic E-state index is 0.168. The molecule has 130 valence electrons. The first-order chi connectivity index (χ1) is 11.3. The fraction of sp³-hybridized carbons (Fsp3) is 0.500. The highest BCUT2D eigenvalue weighted by Gasteiger charge is 2.49. The molecule has 0 unspecified atom stereocenters. The molecule has 0 saturated heterocycles. The van der Waals surface area contributed by atoms with Gasteiger partial charge < -0.3 is 14.2 Å². The number of carbonyl (C=O) groups excluding carboxylic acids is 2. The number of hydrogen-bond acceptors (Lipinski definition) is 6. The largest absolute Gasteiger partial charge is 0.466 e. The van der Waals surface area contributed by atoms with Gasteiger partial charge in [-0.2, -0.15) is 0 Å². The summed E-state index contributed by atoms with van der Waals surface area (Å²) in [6.07, 6.45) is -0.168. The van der Waals surface area contributed by atoms with E-state index in [0.29, 0.717) is 5.71 Å². The van der Waals surface area contributed by atoms with Crippen LogP contribution in [0.4, 0.5) is 0 Å². The van der Waals surface area contributed by atoms with Crippen LogP contribution in [-0.2, 0) is 23.8 Å². The summed E-state index contributed by atoms with van der Waals surface area (Å²) in [4.78, 5) is 29.0. The van der Waals surface area contributed by atoms with Crippen LogP contribution < -0.4 is 0 Å². The van der Waals surface area contributed by atoms with Gasteiger partial charge in [0.25, 0.3) is 0 Å². The van der Waals surface area contributed by atoms with Gasteiger partial charge in [0.1, 0.15) is 0 Å². The van der Waals surface area contributed by atoms with Crippen molar-refractivity contribution in [3.05, 3.63) is 35.9 Å². The number of ether oxygens (including phenoxy) is 3. The van der Waals surface area contributed by atoms with Crippen LogP contribution in [0.5, 0.6) is 0 Å². The van der Waals surface area contributed by atoms with Gasteiger partial charge in [-0.05, 0) is 26.3 Å². The van der Waals surface area contributed by atoms with E-state index in [2.05, 4.69) is 4.99 Å². The smallest absolute Gasteiger partial charge is 0.335 e. The molecule has 0 fully saturated rings. The van der Waals surface area contributed by atoms with E-state index in [1.807, 2.05) is 30.3 Å². The Morgan fingerprint density at radius 3 is 2.50 bits per heavy atom. The third-order valence-electron chi connectivity index (χ3n) is 3.88. The molecule has 1 aliphatic rings. The van der Waals surface area contributed by atoms with Crippen LogP contribution in [0.2, 0.25) is 0 Å². The highest BCUT2D eigenvalue weighted by Crippen LogP contribution is 2.32. The van der Waals surface area contributed by atoms with E-state index < -0.39 is 23.1 Å². The molecule has 2 atom stereocenters. The van der Waals surface area contributed by atoms with Gasteiger partial charge in [-0.1, -0.05) is 30.3 Å². The number of cyclic esters (lactones) is 1. The SMILES string of the molecule is CCOC(=O)C[C@@]1(C)N=C(c2ccccc2)[C@](C)(COC)OC1=O. The summed E-state index contributed by atoms with van der Waals surface area (Å²) in [6, 6.07) is 9.42. The van der Waals surface area contributed by atoms with Crippen LogP contribution in [0, 0.1) is 0 Å². The summed E-state index contributed by atoms with van der Waals surface area (Å²) in [7, 11) is 1.54. The molecular weight excluding hydrogens is 310 g/mol. The highest BCUT2D eigenvalue weighted by molar-refractivity contribution is 6.11. The van der Waals surface area contributed by atoms with Crippen molar-refractivity contribution in [2.24, 2.45) is 4.99 Å². The third-order valence-corrected chi connectivity index (χ3v) is 3.88. The van der Waals surface area contributed by atoms with Gasteiger partial charge >= 0.3 is 11.9 Å². The molecule has 6 nitrogen and oxygen atoms in total. The van der Waals surface area contributed by atoms with Gasteiger partial charge in [-0.3, -0.25) is 9.79 Å². The predicted molar refractivity (Wildman–Crippen MR) is 89.0 cm³/mol. The average molecular weight is 333 g/mol. The monoisotopic (exact) mass is 333 g/mol. The van der Waals surface area contributed by atoms with Crippen molar-refractivity contribution in [3.63, 3.8) is 0 Å². The van der Waals surface area contributed by atoms with E-state index in [9.17, 15) is 9.59 Å². The Morgan fingerprint density at radius 1 is 1.25 bits per heavy atom. The quantitative estimate of drug-likeness (QED) is 0.746. The lowest BCUT2D eigenvalue weighted by molar-refractivity contribution is -0.167. The van der Waals surface area contributed by atoms with Crippen molar-refractivity contribution in [1.29, 1.82) is 0 Å². The van der Waals surface area contributed by atoms with Gasteiger partial charge in [0.15, 0.2) is 11.1 Å². The maximum atomic E-state index is 12.5.